The van der Waals surface area contributed by atoms with Crippen LogP contribution < -0.4 is 10.6 Å². The van der Waals surface area contributed by atoms with Gasteiger partial charge in [-0.25, -0.2) is 0 Å². The summed E-state index contributed by atoms with van der Waals surface area (Å²) in [5.41, 5.74) is 0. The molecule has 0 aliphatic carbocycles. The first kappa shape index (κ1) is 32.3. The lowest BCUT2D eigenvalue weighted by Crippen LogP contribution is -2.25. The van der Waals surface area contributed by atoms with Gasteiger partial charge in [0.15, 0.2) is 0 Å². The normalized spacial score (nSPS) is 12.2. The molecule has 0 aliphatic rings. The third kappa shape index (κ3) is 26.6. The van der Waals surface area contributed by atoms with Gasteiger partial charge in [-0.2, -0.15) is 0 Å². The van der Waals surface area contributed by atoms with E-state index in [2.05, 4.69) is 78.3 Å². The van der Waals surface area contributed by atoms with Crippen LogP contribution >= 0.6 is 21.6 Å². The zero-order valence-electron chi connectivity index (χ0n) is 21.3. The Bertz CT molecular complexity index is 640. The fourth-order valence-corrected chi connectivity index (χ4v) is 4.55. The van der Waals surface area contributed by atoms with Gasteiger partial charge in [0.25, 0.3) is 0 Å². The van der Waals surface area contributed by atoms with Crippen molar-refractivity contribution in [3.8, 4) is 0 Å². The number of rotatable bonds is 22. The van der Waals surface area contributed by atoms with Crippen LogP contribution in [0.25, 0.3) is 0 Å². The number of hydrogen-bond donors (Lipinski definition) is 2. The maximum absolute atomic E-state index is 11.9. The second kappa shape index (κ2) is 27.6. The summed E-state index contributed by atoms with van der Waals surface area (Å²) in [5.74, 6) is 2.03. The Hall–Kier alpha value is -1.66. The molecule has 0 saturated carbocycles. The zero-order valence-corrected chi connectivity index (χ0v) is 22.9. The number of allylic oxidation sites excluding steroid dienone is 10. The topological polar surface area (TPSA) is 58.2 Å². The number of hydrogen-bond acceptors (Lipinski definition) is 4. The highest BCUT2D eigenvalue weighted by molar-refractivity contribution is 8.76. The molecule has 6 heteroatoms. The second-order valence-corrected chi connectivity index (χ2v) is 10.4. The van der Waals surface area contributed by atoms with E-state index < -0.39 is 0 Å². The maximum atomic E-state index is 11.9. The van der Waals surface area contributed by atoms with Crippen molar-refractivity contribution in [2.75, 3.05) is 24.6 Å². The summed E-state index contributed by atoms with van der Waals surface area (Å²) < 4.78 is 0. The summed E-state index contributed by atoms with van der Waals surface area (Å²) in [6.07, 6.45) is 30.9. The summed E-state index contributed by atoms with van der Waals surface area (Å²) in [6, 6.07) is 0. The lowest BCUT2D eigenvalue weighted by Gasteiger charge is -2.05. The van der Waals surface area contributed by atoms with Crippen molar-refractivity contribution in [3.63, 3.8) is 0 Å². The summed E-state index contributed by atoms with van der Waals surface area (Å²) >= 11 is 0. The molecule has 0 saturated heterocycles. The maximum Gasteiger partial charge on any atom is 0.220 e. The van der Waals surface area contributed by atoms with Gasteiger partial charge in [-0.05, 0) is 51.4 Å². The van der Waals surface area contributed by atoms with Crippen molar-refractivity contribution in [2.24, 2.45) is 0 Å². The molecule has 0 radical (unpaired) electrons. The van der Waals surface area contributed by atoms with Crippen LogP contribution in [-0.2, 0) is 9.59 Å². The van der Waals surface area contributed by atoms with Crippen LogP contribution in [0.2, 0.25) is 0 Å². The van der Waals surface area contributed by atoms with E-state index in [1.54, 1.807) is 21.6 Å². The van der Waals surface area contributed by atoms with Gasteiger partial charge in [0.2, 0.25) is 11.8 Å². The van der Waals surface area contributed by atoms with Crippen LogP contribution in [0.1, 0.15) is 78.1 Å². The van der Waals surface area contributed by atoms with Crippen LogP contribution in [0.15, 0.2) is 60.8 Å². The molecule has 0 unspecified atom stereocenters. The van der Waals surface area contributed by atoms with Gasteiger partial charge in [0.1, 0.15) is 0 Å². The minimum absolute atomic E-state index is 0.129. The quantitative estimate of drug-likeness (QED) is 0.0917. The standard InChI is InChI=1S/C28H46N2O2S2/c1-3-5-6-7-8-9-10-11-12-13-14-15-16-17-18-19-20-22-28(32)30-24-26-34-33-25-23-29-27(31)21-4-2/h5-6,8-9,11-12,14-15,17-18H,3-4,7,10,13,16,19-26H2,1-2H3,(H,29,31)(H,30,32)/b6-5-,9-8-,12-11-,15-14-,18-17-. The van der Waals surface area contributed by atoms with Gasteiger partial charge < -0.3 is 10.6 Å². The van der Waals surface area contributed by atoms with E-state index in [-0.39, 0.29) is 11.8 Å². The first-order chi connectivity index (χ1) is 16.7. The van der Waals surface area contributed by atoms with Gasteiger partial charge in [0, 0.05) is 37.4 Å². The fraction of sp³-hybridized carbons (Fsp3) is 0.571. The van der Waals surface area contributed by atoms with Gasteiger partial charge in [-0.15, -0.1) is 0 Å². The number of amides is 2. The lowest BCUT2D eigenvalue weighted by atomic mass is 10.2. The van der Waals surface area contributed by atoms with E-state index >= 15 is 0 Å². The Balaban J connectivity index is 3.46. The van der Waals surface area contributed by atoms with E-state index in [9.17, 15) is 9.59 Å². The van der Waals surface area contributed by atoms with E-state index in [0.717, 1.165) is 62.9 Å². The van der Waals surface area contributed by atoms with Crippen molar-refractivity contribution < 1.29 is 9.59 Å². The van der Waals surface area contributed by atoms with Crippen LogP contribution in [0.4, 0.5) is 0 Å². The zero-order chi connectivity index (χ0) is 25.0. The smallest absolute Gasteiger partial charge is 0.220 e. The van der Waals surface area contributed by atoms with E-state index in [1.165, 1.54) is 0 Å². The van der Waals surface area contributed by atoms with Crippen molar-refractivity contribution in [2.45, 2.75) is 78.1 Å². The predicted molar refractivity (Wildman–Crippen MR) is 154 cm³/mol. The first-order valence-corrected chi connectivity index (χ1v) is 15.2. The molecule has 0 rings (SSSR count). The molecule has 0 spiro atoms. The molecule has 34 heavy (non-hydrogen) atoms. The molecule has 0 aromatic rings. The SMILES string of the molecule is CC/C=C\C/C=C\C/C=C\C/C=C\C/C=C\CCCC(=O)NCCSSCCNC(=O)CCC. The van der Waals surface area contributed by atoms with Crippen molar-refractivity contribution in [1.29, 1.82) is 0 Å². The van der Waals surface area contributed by atoms with Gasteiger partial charge in [-0.3, -0.25) is 9.59 Å². The van der Waals surface area contributed by atoms with Gasteiger partial charge in [-0.1, -0.05) is 96.2 Å². The summed E-state index contributed by atoms with van der Waals surface area (Å²) in [5, 5.41) is 5.87. The molecule has 0 aromatic heterocycles. The summed E-state index contributed by atoms with van der Waals surface area (Å²) in [4.78, 5) is 23.2. The molecule has 0 atom stereocenters. The minimum atomic E-state index is 0.129. The summed E-state index contributed by atoms with van der Waals surface area (Å²) in [6.45, 7) is 5.56. The second-order valence-electron chi connectivity index (χ2n) is 7.69. The Morgan fingerprint density at radius 1 is 0.618 bits per heavy atom. The van der Waals surface area contributed by atoms with Crippen molar-refractivity contribution in [3.05, 3.63) is 60.8 Å². The Labute approximate surface area is 216 Å². The Kier molecular flexibility index (Phi) is 26.2. The van der Waals surface area contributed by atoms with Crippen LogP contribution in [0.5, 0.6) is 0 Å². The minimum Gasteiger partial charge on any atom is -0.355 e. The molecule has 2 amide bonds. The third-order valence-electron chi connectivity index (χ3n) is 4.51. The average molecular weight is 507 g/mol. The highest BCUT2D eigenvalue weighted by Gasteiger charge is 2.00. The van der Waals surface area contributed by atoms with Crippen LogP contribution in [0, 0.1) is 0 Å². The fourth-order valence-electron chi connectivity index (χ4n) is 2.73. The van der Waals surface area contributed by atoms with Crippen molar-refractivity contribution >= 4 is 33.4 Å². The lowest BCUT2D eigenvalue weighted by molar-refractivity contribution is -0.121. The monoisotopic (exact) mass is 506 g/mol. The Morgan fingerprint density at radius 3 is 1.53 bits per heavy atom. The molecule has 0 bridgehead atoms. The molecule has 2 N–H and O–H groups in total. The number of carbonyl (C=O) groups excluding carboxylic acids is 2. The van der Waals surface area contributed by atoms with Crippen LogP contribution in [-0.4, -0.2) is 36.4 Å². The van der Waals surface area contributed by atoms with Gasteiger partial charge >= 0.3 is 0 Å². The number of unbranched alkanes of at least 4 members (excludes halogenated alkanes) is 1. The van der Waals surface area contributed by atoms with E-state index in [4.69, 9.17) is 0 Å². The first-order valence-electron chi connectivity index (χ1n) is 12.7. The van der Waals surface area contributed by atoms with Gasteiger partial charge in [0.05, 0.1) is 0 Å². The van der Waals surface area contributed by atoms with Crippen LogP contribution in [0.3, 0.4) is 0 Å². The molecule has 0 fully saturated rings. The predicted octanol–water partition coefficient (Wildman–Crippen LogP) is 7.32. The van der Waals surface area contributed by atoms with Crippen molar-refractivity contribution in [1.82, 2.24) is 10.6 Å². The average Bonchev–Trinajstić information content (AvgIpc) is 2.83. The molecular formula is C28H46N2O2S2. The van der Waals surface area contributed by atoms with E-state index in [1.807, 2.05) is 6.92 Å². The molecular weight excluding hydrogens is 460 g/mol. The highest BCUT2D eigenvalue weighted by Crippen LogP contribution is 2.19. The van der Waals surface area contributed by atoms with E-state index in [0.29, 0.717) is 25.9 Å². The highest BCUT2D eigenvalue weighted by atomic mass is 33.1. The number of nitrogens with one attached hydrogen (secondary N) is 2. The molecule has 0 aliphatic heterocycles. The molecule has 192 valence electrons. The molecule has 0 heterocycles. The summed E-state index contributed by atoms with van der Waals surface area (Å²) in [7, 11) is 3.47. The molecule has 0 aromatic carbocycles. The largest absolute Gasteiger partial charge is 0.355 e. The third-order valence-corrected chi connectivity index (χ3v) is 6.92. The molecule has 4 nitrogen and oxygen atoms in total. The number of carbonyl (C=O) groups is 2. The Morgan fingerprint density at radius 2 is 1.06 bits per heavy atom.